The van der Waals surface area contributed by atoms with Crippen LogP contribution >= 0.6 is 0 Å². The number of methoxy groups -OCH3 is 3. The van der Waals surface area contributed by atoms with Crippen LogP contribution in [0.3, 0.4) is 0 Å². The van der Waals surface area contributed by atoms with Crippen molar-refractivity contribution >= 4 is 40.1 Å². The highest BCUT2D eigenvalue weighted by Gasteiger charge is 2.27. The number of hydrogen-bond acceptors (Lipinski definition) is 18. The maximum absolute atomic E-state index is 6.57. The molecule has 1 unspecified atom stereocenters. The highest BCUT2D eigenvalue weighted by molar-refractivity contribution is 6.04. The number of benzene rings is 4. The summed E-state index contributed by atoms with van der Waals surface area (Å²) in [6.45, 7) is 15.5. The molecule has 19 heteroatoms. The molecule has 0 radical (unpaired) electrons. The van der Waals surface area contributed by atoms with Crippen molar-refractivity contribution in [3.8, 4) is 23.0 Å². The third kappa shape index (κ3) is 15.6. The van der Waals surface area contributed by atoms with Gasteiger partial charge in [0.15, 0.2) is 23.0 Å². The third-order valence-corrected chi connectivity index (χ3v) is 14.2. The number of nitrogens with one attached hydrogen (secondary N) is 1. The fraction of sp³-hybridized carbons (Fsp3) is 0.371. The lowest BCUT2D eigenvalue weighted by Gasteiger charge is -2.36. The second-order valence-corrected chi connectivity index (χ2v) is 20.0. The first-order chi connectivity index (χ1) is 39.8. The van der Waals surface area contributed by atoms with Crippen molar-refractivity contribution in [2.75, 3.05) is 134 Å². The van der Waals surface area contributed by atoms with Gasteiger partial charge in [-0.2, -0.15) is 0 Å². The summed E-state index contributed by atoms with van der Waals surface area (Å²) >= 11 is 0. The molecule has 81 heavy (non-hydrogen) atoms. The second kappa shape index (κ2) is 29.1. The van der Waals surface area contributed by atoms with E-state index in [1.165, 1.54) is 11.1 Å². The van der Waals surface area contributed by atoms with Gasteiger partial charge >= 0.3 is 0 Å². The molecule has 1 atom stereocenters. The van der Waals surface area contributed by atoms with Gasteiger partial charge in [-0.25, -0.2) is 34.9 Å². The zero-order valence-electron chi connectivity index (χ0n) is 47.1. The first-order valence-corrected chi connectivity index (χ1v) is 27.7. The zero-order chi connectivity index (χ0) is 56.2. The van der Waals surface area contributed by atoms with Crippen LogP contribution < -0.4 is 44.7 Å². The van der Waals surface area contributed by atoms with Crippen molar-refractivity contribution in [3.63, 3.8) is 0 Å². The Balaban J connectivity index is 0.000000196. The minimum absolute atomic E-state index is 0.406. The Hall–Kier alpha value is -8.55. The predicted molar refractivity (Wildman–Crippen MR) is 319 cm³/mol. The Morgan fingerprint density at radius 1 is 0.642 bits per heavy atom. The smallest absolute Gasteiger partial charge is 0.225 e. The van der Waals surface area contributed by atoms with Gasteiger partial charge in [-0.3, -0.25) is 0 Å². The molecule has 3 aliphatic heterocycles. The lowest BCUT2D eigenvalue weighted by molar-refractivity contribution is 0.132. The normalized spacial score (nSPS) is 15.8. The van der Waals surface area contributed by atoms with Crippen LogP contribution in [0.1, 0.15) is 47.6 Å². The average molecular weight is 1100 g/mol. The summed E-state index contributed by atoms with van der Waals surface area (Å²) < 4.78 is 34.1. The molecule has 3 N–H and O–H groups in total. The summed E-state index contributed by atoms with van der Waals surface area (Å²) in [5, 5.41) is 4.23. The SMILES string of the molecule is C=C1CC(COc2cc(C(=N/C=C\C)N3CCN(c4ncc(Cc5ccccc5)cn4)CC3)c(N)cc2OC)CCN1.COCCOc1cc2ncnc(N3CCN(c4ncc(Cc5ccccc5)cn4)CC3)c2cc1OCCOC. The fourth-order valence-electron chi connectivity index (χ4n) is 9.94. The Bertz CT molecular complexity index is 3150. The molecule has 3 aromatic heterocycles. The van der Waals surface area contributed by atoms with Gasteiger partial charge in [0, 0.05) is 157 Å². The lowest BCUT2D eigenvalue weighted by atomic mass is 9.97. The first kappa shape index (κ1) is 57.1. The van der Waals surface area contributed by atoms with E-state index in [1.807, 2.05) is 74.2 Å². The molecule has 3 fully saturated rings. The molecule has 0 saturated carbocycles. The summed E-state index contributed by atoms with van der Waals surface area (Å²) in [5.41, 5.74) is 14.6. The number of hydrogen-bond donors (Lipinski definition) is 2. The Morgan fingerprint density at radius 3 is 1.75 bits per heavy atom. The number of allylic oxidation sites excluding steroid dienone is 2. The van der Waals surface area contributed by atoms with Crippen LogP contribution in [0.4, 0.5) is 23.4 Å². The number of piperidine rings is 1. The topological polar surface area (TPSA) is 196 Å². The summed E-state index contributed by atoms with van der Waals surface area (Å²) in [4.78, 5) is 41.6. The van der Waals surface area contributed by atoms with Crippen molar-refractivity contribution < 1.29 is 28.4 Å². The fourth-order valence-corrected chi connectivity index (χ4v) is 9.94. The second-order valence-electron chi connectivity index (χ2n) is 20.0. The summed E-state index contributed by atoms with van der Waals surface area (Å²) in [5.74, 6) is 6.14. The number of nitrogens with zero attached hydrogens (tertiary/aromatic N) is 11. The molecule has 6 heterocycles. The van der Waals surface area contributed by atoms with E-state index >= 15 is 0 Å². The number of fused-ring (bicyclic) bond motifs is 1. The molecule has 10 rings (SSSR count). The number of rotatable bonds is 21. The number of nitrogens with two attached hydrogens (primary N) is 1. The highest BCUT2D eigenvalue weighted by Crippen LogP contribution is 2.37. The third-order valence-electron chi connectivity index (χ3n) is 14.2. The van der Waals surface area contributed by atoms with Crippen molar-refractivity contribution in [2.24, 2.45) is 10.9 Å². The van der Waals surface area contributed by atoms with E-state index in [4.69, 9.17) is 39.1 Å². The molecule has 3 saturated heterocycles. The van der Waals surface area contributed by atoms with Gasteiger partial charge in [-0.05, 0) is 54.2 Å². The van der Waals surface area contributed by atoms with E-state index in [0.717, 1.165) is 141 Å². The van der Waals surface area contributed by atoms with Crippen LogP contribution in [0.5, 0.6) is 23.0 Å². The summed E-state index contributed by atoms with van der Waals surface area (Å²) in [6, 6.07) is 28.4. The van der Waals surface area contributed by atoms with Gasteiger partial charge in [-0.1, -0.05) is 73.3 Å². The molecule has 3 aliphatic rings. The number of piperazine rings is 2. The van der Waals surface area contributed by atoms with Crippen LogP contribution in [0, 0.1) is 5.92 Å². The van der Waals surface area contributed by atoms with Gasteiger partial charge in [0.05, 0.1) is 32.4 Å². The molecular weight excluding hydrogens is 1020 g/mol. The maximum Gasteiger partial charge on any atom is 0.225 e. The lowest BCUT2D eigenvalue weighted by Crippen LogP contribution is -2.49. The summed E-state index contributed by atoms with van der Waals surface area (Å²) in [7, 11) is 4.93. The number of ether oxygens (including phenoxy) is 6. The van der Waals surface area contributed by atoms with Crippen molar-refractivity contribution in [1.29, 1.82) is 0 Å². The van der Waals surface area contributed by atoms with E-state index in [-0.39, 0.29) is 0 Å². The Morgan fingerprint density at radius 2 is 1.20 bits per heavy atom. The van der Waals surface area contributed by atoms with Crippen LogP contribution in [-0.2, 0) is 22.3 Å². The Labute approximate surface area is 475 Å². The van der Waals surface area contributed by atoms with Gasteiger partial charge in [0.1, 0.15) is 31.2 Å². The van der Waals surface area contributed by atoms with Crippen LogP contribution in [0.15, 0.2) is 146 Å². The van der Waals surface area contributed by atoms with E-state index in [0.29, 0.717) is 67.6 Å². The molecule has 0 aliphatic carbocycles. The first-order valence-electron chi connectivity index (χ1n) is 27.7. The molecule has 4 aromatic carbocycles. The summed E-state index contributed by atoms with van der Waals surface area (Å²) in [6.07, 6.45) is 16.6. The molecular formula is C62H75N13O6. The van der Waals surface area contributed by atoms with Crippen LogP contribution in [-0.4, -0.2) is 154 Å². The molecule has 7 aromatic rings. The quantitative estimate of drug-likeness (QED) is 0.0303. The molecule has 424 valence electrons. The van der Waals surface area contributed by atoms with E-state index in [2.05, 4.69) is 110 Å². The number of aliphatic imine (C=N–C) groups is 1. The highest BCUT2D eigenvalue weighted by atomic mass is 16.5. The van der Waals surface area contributed by atoms with Gasteiger partial charge in [0.25, 0.3) is 0 Å². The van der Waals surface area contributed by atoms with E-state index in [9.17, 15) is 0 Å². The van der Waals surface area contributed by atoms with E-state index < -0.39 is 0 Å². The number of amidine groups is 1. The van der Waals surface area contributed by atoms with Crippen molar-refractivity contribution in [1.82, 2.24) is 40.1 Å². The number of anilines is 4. The number of aromatic nitrogens is 6. The van der Waals surface area contributed by atoms with E-state index in [1.54, 1.807) is 33.9 Å². The molecule has 19 nitrogen and oxygen atoms in total. The predicted octanol–water partition coefficient (Wildman–Crippen LogP) is 8.04. The maximum atomic E-state index is 6.57. The molecule has 0 bridgehead atoms. The van der Waals surface area contributed by atoms with Crippen molar-refractivity contribution in [3.05, 3.63) is 168 Å². The van der Waals surface area contributed by atoms with Crippen molar-refractivity contribution in [2.45, 2.75) is 32.6 Å². The number of nitrogen functional groups attached to an aromatic ring is 1. The van der Waals surface area contributed by atoms with Gasteiger partial charge in [-0.15, -0.1) is 0 Å². The van der Waals surface area contributed by atoms with Crippen LogP contribution in [0.2, 0.25) is 0 Å². The standard InChI is InChI=1S/C33H41N7O2.C29H34N6O4/c1-4-11-36-32(28-19-31(30(41-3)20-29(28)34)42-23-26-10-12-35-24(2)17-26)39-13-15-40(16-14-39)33-37-21-27(22-38-33)18-25-8-6-5-7-9-25;1-36-12-14-38-26-17-24-25(18-27(26)39-15-13-37-2)32-21-33-28(24)34-8-10-35(11-9-34)29-30-19-23(20-31-29)16-22-6-4-3-5-7-22/h4-9,11,19-22,26,35H,2,10,12-18,23,34H2,1,3H3;3-7,17-21H,8-16H2,1-2H3/b11-4-,36-32?;. The van der Waals surface area contributed by atoms with Crippen LogP contribution in [0.25, 0.3) is 10.9 Å². The largest absolute Gasteiger partial charge is 0.493 e. The van der Waals surface area contributed by atoms with Gasteiger partial charge in [0.2, 0.25) is 11.9 Å². The Kier molecular flexibility index (Phi) is 20.5. The minimum atomic E-state index is 0.406. The monoisotopic (exact) mass is 1100 g/mol. The molecule has 0 spiro atoms. The average Bonchev–Trinajstić information content (AvgIpc) is 3.55. The molecule has 0 amide bonds. The zero-order valence-corrected chi connectivity index (χ0v) is 47.1. The minimum Gasteiger partial charge on any atom is -0.493 e. The van der Waals surface area contributed by atoms with Gasteiger partial charge < -0.3 is 59.1 Å².